The fourth-order valence-electron chi connectivity index (χ4n) is 1.69. The predicted molar refractivity (Wildman–Crippen MR) is 64.4 cm³/mol. The SMILES string of the molecule is CCn1cnnc1CNc1ccc(C(F)(F)F)cc1F. The van der Waals surface area contributed by atoms with E-state index in [2.05, 4.69) is 15.5 Å². The highest BCUT2D eigenvalue weighted by Crippen LogP contribution is 2.31. The molecule has 0 aliphatic heterocycles. The first-order chi connectivity index (χ1) is 9.41. The van der Waals surface area contributed by atoms with Crippen LogP contribution in [0.5, 0.6) is 0 Å². The zero-order valence-electron chi connectivity index (χ0n) is 10.6. The first-order valence-corrected chi connectivity index (χ1v) is 5.89. The molecule has 0 spiro atoms. The van der Waals surface area contributed by atoms with E-state index in [4.69, 9.17) is 0 Å². The number of nitrogens with one attached hydrogen (secondary N) is 1. The number of hydrogen-bond acceptors (Lipinski definition) is 3. The quantitative estimate of drug-likeness (QED) is 0.879. The summed E-state index contributed by atoms with van der Waals surface area (Å²) in [6, 6.07) is 2.35. The Morgan fingerprint density at radius 2 is 2.05 bits per heavy atom. The third-order valence-electron chi connectivity index (χ3n) is 2.77. The van der Waals surface area contributed by atoms with E-state index in [0.717, 1.165) is 12.1 Å². The average Bonchev–Trinajstić information content (AvgIpc) is 2.83. The molecule has 0 saturated heterocycles. The Balaban J connectivity index is 2.11. The molecular weight excluding hydrogens is 276 g/mol. The van der Waals surface area contributed by atoms with Crippen molar-refractivity contribution < 1.29 is 17.6 Å². The van der Waals surface area contributed by atoms with Crippen LogP contribution in [0.25, 0.3) is 0 Å². The molecule has 20 heavy (non-hydrogen) atoms. The van der Waals surface area contributed by atoms with E-state index in [1.807, 2.05) is 6.92 Å². The standard InChI is InChI=1S/C12H12F4N4/c1-2-20-7-18-19-11(20)6-17-10-4-3-8(5-9(10)13)12(14,15)16/h3-5,7,17H,2,6H2,1H3. The van der Waals surface area contributed by atoms with Crippen LogP contribution in [-0.4, -0.2) is 14.8 Å². The van der Waals surface area contributed by atoms with Crippen molar-refractivity contribution >= 4 is 5.69 Å². The van der Waals surface area contributed by atoms with E-state index < -0.39 is 17.6 Å². The Kier molecular flexibility index (Phi) is 3.91. The number of halogens is 4. The molecule has 1 N–H and O–H groups in total. The molecule has 0 unspecified atom stereocenters. The molecule has 8 heteroatoms. The van der Waals surface area contributed by atoms with Gasteiger partial charge in [-0.05, 0) is 25.1 Å². The van der Waals surface area contributed by atoms with Crippen molar-refractivity contribution in [2.75, 3.05) is 5.32 Å². The van der Waals surface area contributed by atoms with Gasteiger partial charge in [0.1, 0.15) is 12.1 Å². The molecule has 2 aromatic rings. The van der Waals surface area contributed by atoms with Gasteiger partial charge in [0.15, 0.2) is 5.82 Å². The molecule has 0 aliphatic rings. The summed E-state index contributed by atoms with van der Waals surface area (Å²) in [5.74, 6) is -0.380. The van der Waals surface area contributed by atoms with Gasteiger partial charge in [-0.1, -0.05) is 0 Å². The second-order valence-electron chi connectivity index (χ2n) is 4.08. The van der Waals surface area contributed by atoms with Crippen molar-refractivity contribution in [3.8, 4) is 0 Å². The fourth-order valence-corrected chi connectivity index (χ4v) is 1.69. The molecule has 1 aromatic heterocycles. The fraction of sp³-hybridized carbons (Fsp3) is 0.333. The molecule has 0 aliphatic carbocycles. The van der Waals surface area contributed by atoms with E-state index in [9.17, 15) is 17.6 Å². The minimum absolute atomic E-state index is 0.0105. The molecule has 0 atom stereocenters. The van der Waals surface area contributed by atoms with Crippen LogP contribution in [-0.2, 0) is 19.3 Å². The Morgan fingerprint density at radius 1 is 1.30 bits per heavy atom. The lowest BCUT2D eigenvalue weighted by Crippen LogP contribution is -2.10. The zero-order chi connectivity index (χ0) is 14.8. The van der Waals surface area contributed by atoms with Crippen LogP contribution >= 0.6 is 0 Å². The van der Waals surface area contributed by atoms with Crippen molar-refractivity contribution in [1.82, 2.24) is 14.8 Å². The summed E-state index contributed by atoms with van der Waals surface area (Å²) < 4.78 is 52.5. The molecule has 0 amide bonds. The largest absolute Gasteiger partial charge is 0.416 e. The van der Waals surface area contributed by atoms with Gasteiger partial charge in [0.25, 0.3) is 0 Å². The number of aryl methyl sites for hydroxylation is 1. The van der Waals surface area contributed by atoms with Crippen LogP contribution < -0.4 is 5.32 Å². The second-order valence-corrected chi connectivity index (χ2v) is 4.08. The highest BCUT2D eigenvalue weighted by Gasteiger charge is 2.31. The molecule has 0 bridgehead atoms. The zero-order valence-corrected chi connectivity index (χ0v) is 10.6. The highest BCUT2D eigenvalue weighted by molar-refractivity contribution is 5.46. The average molecular weight is 288 g/mol. The second kappa shape index (κ2) is 5.48. The molecule has 2 rings (SSSR count). The topological polar surface area (TPSA) is 42.7 Å². The highest BCUT2D eigenvalue weighted by atomic mass is 19.4. The van der Waals surface area contributed by atoms with E-state index in [1.165, 1.54) is 6.33 Å². The molecule has 1 heterocycles. The molecule has 0 saturated carbocycles. The van der Waals surface area contributed by atoms with Crippen molar-refractivity contribution in [2.24, 2.45) is 0 Å². The maximum absolute atomic E-state index is 13.6. The third-order valence-corrected chi connectivity index (χ3v) is 2.77. The van der Waals surface area contributed by atoms with Crippen LogP contribution in [0, 0.1) is 5.82 Å². The molecule has 4 nitrogen and oxygen atoms in total. The first-order valence-electron chi connectivity index (χ1n) is 5.89. The van der Waals surface area contributed by atoms with Gasteiger partial charge in [0.2, 0.25) is 0 Å². The number of nitrogens with zero attached hydrogens (tertiary/aromatic N) is 3. The summed E-state index contributed by atoms with van der Waals surface area (Å²) in [5, 5.41) is 10.2. The monoisotopic (exact) mass is 288 g/mol. The molecule has 0 fully saturated rings. The lowest BCUT2D eigenvalue weighted by molar-refractivity contribution is -0.137. The van der Waals surface area contributed by atoms with Gasteiger partial charge in [0.05, 0.1) is 17.8 Å². The van der Waals surface area contributed by atoms with Gasteiger partial charge in [-0.3, -0.25) is 0 Å². The Bertz CT molecular complexity index is 591. The third kappa shape index (κ3) is 3.06. The van der Waals surface area contributed by atoms with Gasteiger partial charge >= 0.3 is 6.18 Å². The summed E-state index contributed by atoms with van der Waals surface area (Å²) in [6.07, 6.45) is -3.03. The summed E-state index contributed by atoms with van der Waals surface area (Å²) in [6.45, 7) is 2.72. The van der Waals surface area contributed by atoms with Crippen LogP contribution in [0.1, 0.15) is 18.3 Å². The van der Waals surface area contributed by atoms with Crippen LogP contribution in [0.15, 0.2) is 24.5 Å². The van der Waals surface area contributed by atoms with Crippen molar-refractivity contribution in [3.63, 3.8) is 0 Å². The van der Waals surface area contributed by atoms with E-state index in [-0.39, 0.29) is 12.2 Å². The lowest BCUT2D eigenvalue weighted by atomic mass is 10.2. The smallest absolute Gasteiger partial charge is 0.375 e. The summed E-state index contributed by atoms with van der Waals surface area (Å²) in [4.78, 5) is 0. The van der Waals surface area contributed by atoms with Gasteiger partial charge in [0, 0.05) is 6.54 Å². The summed E-state index contributed by atoms with van der Waals surface area (Å²) in [5.41, 5.74) is -1.03. The molecular formula is C12H12F4N4. The summed E-state index contributed by atoms with van der Waals surface area (Å²) >= 11 is 0. The van der Waals surface area contributed by atoms with Gasteiger partial charge < -0.3 is 9.88 Å². The van der Waals surface area contributed by atoms with Crippen LogP contribution in [0.4, 0.5) is 23.2 Å². The number of benzene rings is 1. The van der Waals surface area contributed by atoms with Crippen LogP contribution in [0.3, 0.4) is 0 Å². The minimum atomic E-state index is -4.55. The molecule has 108 valence electrons. The van der Waals surface area contributed by atoms with E-state index in [1.54, 1.807) is 4.57 Å². The Morgan fingerprint density at radius 3 is 2.65 bits per heavy atom. The molecule has 1 aromatic carbocycles. The van der Waals surface area contributed by atoms with Gasteiger partial charge in [-0.25, -0.2) is 4.39 Å². The lowest BCUT2D eigenvalue weighted by Gasteiger charge is -2.11. The van der Waals surface area contributed by atoms with Crippen molar-refractivity contribution in [2.45, 2.75) is 26.2 Å². The minimum Gasteiger partial charge on any atom is -0.375 e. The number of anilines is 1. The van der Waals surface area contributed by atoms with Gasteiger partial charge in [-0.15, -0.1) is 10.2 Å². The Labute approximate surface area is 112 Å². The van der Waals surface area contributed by atoms with Crippen molar-refractivity contribution in [1.29, 1.82) is 0 Å². The number of aromatic nitrogens is 3. The van der Waals surface area contributed by atoms with E-state index in [0.29, 0.717) is 18.4 Å². The maximum atomic E-state index is 13.6. The Hall–Kier alpha value is -2.12. The van der Waals surface area contributed by atoms with Crippen LogP contribution in [0.2, 0.25) is 0 Å². The molecule has 0 radical (unpaired) electrons. The predicted octanol–water partition coefficient (Wildman–Crippen LogP) is 3.07. The normalized spacial score (nSPS) is 11.7. The van der Waals surface area contributed by atoms with Gasteiger partial charge in [-0.2, -0.15) is 13.2 Å². The maximum Gasteiger partial charge on any atom is 0.416 e. The van der Waals surface area contributed by atoms with E-state index >= 15 is 0 Å². The number of rotatable bonds is 4. The van der Waals surface area contributed by atoms with Crippen molar-refractivity contribution in [3.05, 3.63) is 41.7 Å². The number of alkyl halides is 3. The number of hydrogen-bond donors (Lipinski definition) is 1. The first kappa shape index (κ1) is 14.3. The summed E-state index contributed by atoms with van der Waals surface area (Å²) in [7, 11) is 0.